The summed E-state index contributed by atoms with van der Waals surface area (Å²) < 4.78 is 33.9. The zero-order valence-electron chi connectivity index (χ0n) is 18.5. The number of H-pyrrole nitrogens is 2. The van der Waals surface area contributed by atoms with Crippen LogP contribution in [0.15, 0.2) is 99.0 Å². The zero-order valence-corrected chi connectivity index (χ0v) is 19.3. The van der Waals surface area contributed by atoms with Crippen molar-refractivity contribution in [2.75, 3.05) is 10.0 Å². The van der Waals surface area contributed by atoms with Crippen molar-refractivity contribution in [1.82, 2.24) is 9.97 Å². The Hall–Kier alpha value is -4.83. The van der Waals surface area contributed by atoms with E-state index in [1.807, 2.05) is 36.4 Å². The van der Waals surface area contributed by atoms with Gasteiger partial charge in [0.2, 0.25) is 0 Å². The van der Waals surface area contributed by atoms with Crippen LogP contribution in [0.25, 0.3) is 33.0 Å². The number of anilines is 2. The van der Waals surface area contributed by atoms with Gasteiger partial charge < -0.3 is 19.7 Å². The number of aromatic nitrogens is 2. The Morgan fingerprint density at radius 3 is 2.31 bits per heavy atom. The summed E-state index contributed by atoms with van der Waals surface area (Å²) in [6.07, 6.45) is 0. The Morgan fingerprint density at radius 1 is 0.750 bits per heavy atom. The van der Waals surface area contributed by atoms with Gasteiger partial charge in [-0.1, -0.05) is 18.2 Å². The van der Waals surface area contributed by atoms with E-state index in [0.29, 0.717) is 28.0 Å². The fraction of sp³-hybridized carbons (Fsp3) is 0. The first-order chi connectivity index (χ1) is 17.4. The van der Waals surface area contributed by atoms with Gasteiger partial charge in [0.1, 0.15) is 11.2 Å². The van der Waals surface area contributed by atoms with Gasteiger partial charge in [-0.3, -0.25) is 9.52 Å². The predicted octanol–water partition coefficient (Wildman–Crippen LogP) is 4.81. The standard InChI is InChI=1S/C26H18N4O5S/c31-25(27-17-9-12-24-20(13-17)19-3-1-2-4-23(19)35-24)15-5-7-16(8-6-15)30-36(33,34)18-10-11-21-22(14-18)29-26(32)28-21/h1-14,30H,(H,27,31)(H2,28,29,32). The van der Waals surface area contributed by atoms with Crippen LogP contribution in [0.2, 0.25) is 0 Å². The highest BCUT2D eigenvalue weighted by atomic mass is 32.2. The molecule has 0 saturated carbocycles. The minimum absolute atomic E-state index is 0.00534. The first kappa shape index (κ1) is 21.7. The number of furan rings is 1. The van der Waals surface area contributed by atoms with E-state index in [1.165, 1.54) is 42.5 Å². The number of sulfonamides is 1. The molecule has 4 aromatic carbocycles. The summed E-state index contributed by atoms with van der Waals surface area (Å²) in [5, 5.41) is 4.72. The second kappa shape index (κ2) is 8.14. The van der Waals surface area contributed by atoms with Crippen molar-refractivity contribution in [1.29, 1.82) is 0 Å². The number of aromatic amines is 2. The first-order valence-corrected chi connectivity index (χ1v) is 12.4. The molecule has 0 spiro atoms. The van der Waals surface area contributed by atoms with Crippen LogP contribution in [-0.4, -0.2) is 24.3 Å². The van der Waals surface area contributed by atoms with Crippen LogP contribution < -0.4 is 15.7 Å². The maximum atomic E-state index is 12.8. The predicted molar refractivity (Wildman–Crippen MR) is 138 cm³/mol. The molecule has 0 radical (unpaired) electrons. The molecule has 4 N–H and O–H groups in total. The molecule has 36 heavy (non-hydrogen) atoms. The first-order valence-electron chi connectivity index (χ1n) is 10.9. The summed E-state index contributed by atoms with van der Waals surface area (Å²) >= 11 is 0. The number of amides is 1. The fourth-order valence-electron chi connectivity index (χ4n) is 4.09. The third-order valence-corrected chi connectivity index (χ3v) is 7.21. The lowest BCUT2D eigenvalue weighted by Gasteiger charge is -2.09. The summed E-state index contributed by atoms with van der Waals surface area (Å²) in [4.78, 5) is 29.3. The molecule has 0 aliphatic rings. The van der Waals surface area contributed by atoms with E-state index in [1.54, 1.807) is 6.07 Å². The summed E-state index contributed by atoms with van der Waals surface area (Å²) in [7, 11) is -3.91. The van der Waals surface area contributed by atoms with Gasteiger partial charge in [0, 0.05) is 27.7 Å². The lowest BCUT2D eigenvalue weighted by molar-refractivity contribution is 0.102. The SMILES string of the molecule is O=C(Nc1ccc2oc3ccccc3c2c1)c1ccc(NS(=O)(=O)c2ccc3[nH]c(=O)[nH]c3c2)cc1. The highest BCUT2D eigenvalue weighted by molar-refractivity contribution is 7.92. The van der Waals surface area contributed by atoms with E-state index in [4.69, 9.17) is 4.42 Å². The Labute approximate surface area is 203 Å². The zero-order chi connectivity index (χ0) is 24.9. The van der Waals surface area contributed by atoms with Crippen molar-refractivity contribution in [2.45, 2.75) is 4.90 Å². The average Bonchev–Trinajstić information content (AvgIpc) is 3.42. The summed E-state index contributed by atoms with van der Waals surface area (Å²) in [5.74, 6) is -0.335. The van der Waals surface area contributed by atoms with Crippen LogP contribution in [-0.2, 0) is 10.0 Å². The smallest absolute Gasteiger partial charge is 0.323 e. The number of carbonyl (C=O) groups is 1. The Morgan fingerprint density at radius 2 is 1.47 bits per heavy atom. The van der Waals surface area contributed by atoms with Gasteiger partial charge in [-0.2, -0.15) is 0 Å². The van der Waals surface area contributed by atoms with Gasteiger partial charge in [-0.25, -0.2) is 13.2 Å². The maximum Gasteiger partial charge on any atom is 0.323 e. The van der Waals surface area contributed by atoms with E-state index in [0.717, 1.165) is 21.9 Å². The number of rotatable bonds is 5. The highest BCUT2D eigenvalue weighted by Crippen LogP contribution is 2.30. The van der Waals surface area contributed by atoms with E-state index in [9.17, 15) is 18.0 Å². The Bertz CT molecular complexity index is 1950. The molecule has 0 aliphatic carbocycles. The van der Waals surface area contributed by atoms with Crippen molar-refractivity contribution in [2.24, 2.45) is 0 Å². The molecule has 0 fully saturated rings. The summed E-state index contributed by atoms with van der Waals surface area (Å²) in [5.41, 5.74) is 3.25. The molecule has 0 bridgehead atoms. The molecule has 10 heteroatoms. The van der Waals surface area contributed by atoms with Crippen LogP contribution in [0.5, 0.6) is 0 Å². The van der Waals surface area contributed by atoms with Crippen molar-refractivity contribution < 1.29 is 17.6 Å². The molecule has 0 unspecified atom stereocenters. The third kappa shape index (κ3) is 3.89. The number of fused-ring (bicyclic) bond motifs is 4. The van der Waals surface area contributed by atoms with Crippen LogP contribution in [0, 0.1) is 0 Å². The van der Waals surface area contributed by atoms with E-state index in [2.05, 4.69) is 20.0 Å². The van der Waals surface area contributed by atoms with Crippen LogP contribution >= 0.6 is 0 Å². The average molecular weight is 499 g/mol. The van der Waals surface area contributed by atoms with Gasteiger partial charge in [0.15, 0.2) is 0 Å². The number of carbonyl (C=O) groups excluding carboxylic acids is 1. The van der Waals surface area contributed by atoms with Crippen LogP contribution in [0.3, 0.4) is 0 Å². The lowest BCUT2D eigenvalue weighted by Crippen LogP contribution is -2.14. The van der Waals surface area contributed by atoms with Gasteiger partial charge in [-0.15, -0.1) is 0 Å². The molecule has 178 valence electrons. The van der Waals surface area contributed by atoms with Gasteiger partial charge in [0.25, 0.3) is 15.9 Å². The van der Waals surface area contributed by atoms with Crippen molar-refractivity contribution >= 4 is 60.3 Å². The van der Waals surface area contributed by atoms with Crippen LogP contribution in [0.1, 0.15) is 10.4 Å². The summed E-state index contributed by atoms with van der Waals surface area (Å²) in [6.45, 7) is 0. The molecule has 2 aromatic heterocycles. The summed E-state index contributed by atoms with van der Waals surface area (Å²) in [6, 6.07) is 23.5. The van der Waals surface area contributed by atoms with Gasteiger partial charge >= 0.3 is 5.69 Å². The molecule has 2 heterocycles. The minimum Gasteiger partial charge on any atom is -0.456 e. The minimum atomic E-state index is -3.91. The highest BCUT2D eigenvalue weighted by Gasteiger charge is 2.16. The number of para-hydroxylation sites is 1. The van der Waals surface area contributed by atoms with E-state index < -0.39 is 15.7 Å². The van der Waals surface area contributed by atoms with Crippen LogP contribution in [0.4, 0.5) is 11.4 Å². The number of hydrogen-bond donors (Lipinski definition) is 4. The molecule has 6 aromatic rings. The van der Waals surface area contributed by atoms with Gasteiger partial charge in [-0.05, 0) is 66.7 Å². The monoisotopic (exact) mass is 498 g/mol. The number of nitrogens with one attached hydrogen (secondary N) is 4. The molecular weight excluding hydrogens is 480 g/mol. The normalized spacial score (nSPS) is 11.8. The maximum absolute atomic E-state index is 12.8. The number of benzene rings is 4. The lowest BCUT2D eigenvalue weighted by atomic mass is 10.1. The third-order valence-electron chi connectivity index (χ3n) is 5.83. The fourth-order valence-corrected chi connectivity index (χ4v) is 5.17. The number of hydrogen-bond acceptors (Lipinski definition) is 5. The Balaban J connectivity index is 1.19. The topological polar surface area (TPSA) is 137 Å². The molecule has 9 nitrogen and oxygen atoms in total. The number of imidazole rings is 1. The molecule has 0 atom stereocenters. The van der Waals surface area contributed by atoms with Crippen molar-refractivity contribution in [3.8, 4) is 0 Å². The van der Waals surface area contributed by atoms with E-state index in [-0.39, 0.29) is 10.8 Å². The molecule has 0 saturated heterocycles. The second-order valence-electron chi connectivity index (χ2n) is 8.23. The molecule has 0 aliphatic heterocycles. The van der Waals surface area contributed by atoms with Crippen molar-refractivity contribution in [3.63, 3.8) is 0 Å². The largest absolute Gasteiger partial charge is 0.456 e. The molecule has 6 rings (SSSR count). The van der Waals surface area contributed by atoms with Gasteiger partial charge in [0.05, 0.1) is 15.9 Å². The quantitative estimate of drug-likeness (QED) is 0.270. The molecular formula is C26H18N4O5S. The Kier molecular flexibility index (Phi) is 4.90. The van der Waals surface area contributed by atoms with E-state index >= 15 is 0 Å². The van der Waals surface area contributed by atoms with Crippen molar-refractivity contribution in [3.05, 3.63) is 101 Å². The second-order valence-corrected chi connectivity index (χ2v) is 9.92. The molecule has 1 amide bonds.